The molecule has 2 aliphatic rings. The highest BCUT2D eigenvalue weighted by Crippen LogP contribution is 2.47. The molecule has 1 unspecified atom stereocenters. The number of ketones is 1. The number of anilines is 1. The molecule has 136 valence electrons. The summed E-state index contributed by atoms with van der Waals surface area (Å²) in [5.41, 5.74) is -0.0430. The van der Waals surface area contributed by atoms with Crippen LogP contribution < -0.4 is 5.32 Å². The van der Waals surface area contributed by atoms with Gasteiger partial charge in [-0.25, -0.2) is 4.68 Å². The first-order valence-corrected chi connectivity index (χ1v) is 8.26. The van der Waals surface area contributed by atoms with Gasteiger partial charge in [0.15, 0.2) is 5.78 Å². The summed E-state index contributed by atoms with van der Waals surface area (Å²) in [5, 5.41) is 7.18. The number of fused-ring (bicyclic) bond motifs is 1. The Morgan fingerprint density at radius 3 is 2.69 bits per heavy atom. The van der Waals surface area contributed by atoms with E-state index in [0.717, 1.165) is 6.07 Å². The van der Waals surface area contributed by atoms with Crippen molar-refractivity contribution in [2.24, 2.45) is 5.41 Å². The van der Waals surface area contributed by atoms with Crippen LogP contribution in [0.2, 0.25) is 0 Å². The number of hydrogen-bond donors (Lipinski definition) is 1. The number of allylic oxidation sites excluding steroid dienone is 2. The predicted octanol–water partition coefficient (Wildman–Crippen LogP) is 3.96. The van der Waals surface area contributed by atoms with E-state index < -0.39 is 17.8 Å². The molecule has 0 saturated carbocycles. The molecule has 0 saturated heterocycles. The normalized spacial score (nSPS) is 21.9. The van der Waals surface area contributed by atoms with Gasteiger partial charge in [0.1, 0.15) is 12.4 Å². The summed E-state index contributed by atoms with van der Waals surface area (Å²) in [5.74, 6) is 0.183. The Labute approximate surface area is 147 Å². The first kappa shape index (κ1) is 16.8. The van der Waals surface area contributed by atoms with Crippen LogP contribution in [-0.4, -0.2) is 20.5 Å². The largest absolute Gasteiger partial charge is 0.416 e. The highest BCUT2D eigenvalue weighted by Gasteiger charge is 2.44. The van der Waals surface area contributed by atoms with Crippen LogP contribution >= 0.6 is 0 Å². The fourth-order valence-corrected chi connectivity index (χ4v) is 3.83. The van der Waals surface area contributed by atoms with Gasteiger partial charge in [-0.1, -0.05) is 32.0 Å². The van der Waals surface area contributed by atoms with Crippen molar-refractivity contribution < 1.29 is 18.0 Å². The van der Waals surface area contributed by atoms with E-state index in [1.807, 2.05) is 13.8 Å². The van der Waals surface area contributed by atoms with E-state index in [-0.39, 0.29) is 23.2 Å². The Balaban J connectivity index is 1.96. The van der Waals surface area contributed by atoms with E-state index in [1.165, 1.54) is 23.1 Å². The van der Waals surface area contributed by atoms with E-state index in [2.05, 4.69) is 15.4 Å². The summed E-state index contributed by atoms with van der Waals surface area (Å²) < 4.78 is 42.1. The van der Waals surface area contributed by atoms with E-state index in [9.17, 15) is 18.0 Å². The second-order valence-corrected chi connectivity index (χ2v) is 7.47. The van der Waals surface area contributed by atoms with Crippen LogP contribution in [0.1, 0.15) is 43.9 Å². The molecule has 1 atom stereocenters. The maximum atomic E-state index is 13.6. The lowest BCUT2D eigenvalue weighted by Crippen LogP contribution is -2.37. The minimum absolute atomic E-state index is 0.00815. The molecule has 1 aromatic carbocycles. The lowest BCUT2D eigenvalue weighted by atomic mass is 9.72. The number of Topliss-reactive ketones (excluding diaryl/α,β-unsaturated/α-hetero) is 1. The molecule has 5 nitrogen and oxygen atoms in total. The molecule has 0 radical (unpaired) electrons. The lowest BCUT2D eigenvalue weighted by molar-refractivity contribution is -0.138. The number of aromatic nitrogens is 3. The fraction of sp³-hybridized carbons (Fsp3) is 0.389. The summed E-state index contributed by atoms with van der Waals surface area (Å²) in [6, 6.07) is 4.38. The van der Waals surface area contributed by atoms with Gasteiger partial charge in [0.25, 0.3) is 0 Å². The van der Waals surface area contributed by atoms with E-state index in [4.69, 9.17) is 0 Å². The zero-order valence-corrected chi connectivity index (χ0v) is 14.3. The summed E-state index contributed by atoms with van der Waals surface area (Å²) in [7, 11) is 0. The summed E-state index contributed by atoms with van der Waals surface area (Å²) in [6.45, 7) is 3.93. The van der Waals surface area contributed by atoms with Gasteiger partial charge in [-0.3, -0.25) is 4.79 Å². The monoisotopic (exact) mass is 362 g/mol. The molecule has 1 N–H and O–H groups in total. The molecular formula is C18H17F3N4O. The van der Waals surface area contributed by atoms with Gasteiger partial charge < -0.3 is 5.32 Å². The minimum Gasteiger partial charge on any atom is -0.328 e. The number of nitrogens with zero attached hydrogens (tertiary/aromatic N) is 3. The summed E-state index contributed by atoms with van der Waals surface area (Å²) >= 11 is 0. The van der Waals surface area contributed by atoms with E-state index in [0.29, 0.717) is 23.6 Å². The molecule has 0 spiro atoms. The Bertz CT molecular complexity index is 927. The van der Waals surface area contributed by atoms with Gasteiger partial charge in [-0.05, 0) is 23.5 Å². The van der Waals surface area contributed by atoms with Crippen LogP contribution in [0.15, 0.2) is 41.9 Å². The molecule has 8 heteroatoms. The van der Waals surface area contributed by atoms with Crippen molar-refractivity contribution in [1.82, 2.24) is 14.8 Å². The van der Waals surface area contributed by atoms with Gasteiger partial charge in [-0.2, -0.15) is 23.3 Å². The van der Waals surface area contributed by atoms with Crippen LogP contribution in [-0.2, 0) is 11.0 Å². The number of alkyl halides is 3. The zero-order valence-electron chi connectivity index (χ0n) is 14.3. The zero-order chi connectivity index (χ0) is 18.7. The predicted molar refractivity (Wildman–Crippen MR) is 88.3 cm³/mol. The topological polar surface area (TPSA) is 59.8 Å². The summed E-state index contributed by atoms with van der Waals surface area (Å²) in [6.07, 6.45) is -2.41. The molecule has 1 aliphatic heterocycles. The van der Waals surface area contributed by atoms with Crippen LogP contribution in [0.5, 0.6) is 0 Å². The molecule has 26 heavy (non-hydrogen) atoms. The quantitative estimate of drug-likeness (QED) is 0.834. The molecular weight excluding hydrogens is 345 g/mol. The van der Waals surface area contributed by atoms with Gasteiger partial charge >= 0.3 is 6.18 Å². The fourth-order valence-electron chi connectivity index (χ4n) is 3.83. The number of halogens is 3. The van der Waals surface area contributed by atoms with Crippen LogP contribution in [0, 0.1) is 5.41 Å². The second kappa shape index (κ2) is 5.43. The Kier molecular flexibility index (Phi) is 3.51. The number of nitrogens with one attached hydrogen (secondary N) is 1. The van der Waals surface area contributed by atoms with Crippen molar-refractivity contribution >= 4 is 11.7 Å². The third kappa shape index (κ3) is 2.60. The molecule has 4 rings (SSSR count). The number of rotatable bonds is 1. The number of carbonyl (C=O) groups excluding carboxylic acids is 1. The maximum Gasteiger partial charge on any atom is 0.416 e. The van der Waals surface area contributed by atoms with Gasteiger partial charge in [0.05, 0.1) is 5.56 Å². The van der Waals surface area contributed by atoms with Crippen LogP contribution in [0.4, 0.5) is 19.1 Å². The third-order valence-electron chi connectivity index (χ3n) is 4.83. The molecule has 2 heterocycles. The van der Waals surface area contributed by atoms with Crippen molar-refractivity contribution in [1.29, 1.82) is 0 Å². The van der Waals surface area contributed by atoms with Crippen LogP contribution in [0.3, 0.4) is 0 Å². The van der Waals surface area contributed by atoms with Gasteiger partial charge in [0, 0.05) is 17.7 Å². The second-order valence-electron chi connectivity index (χ2n) is 7.47. The molecule has 0 bridgehead atoms. The number of benzene rings is 1. The first-order chi connectivity index (χ1) is 12.2. The maximum absolute atomic E-state index is 13.6. The Morgan fingerprint density at radius 2 is 1.96 bits per heavy atom. The summed E-state index contributed by atoms with van der Waals surface area (Å²) in [4.78, 5) is 17.0. The SMILES string of the molecule is CC1(C)CC(=O)C2=C(C1)Nc1ncnn1C2c1ccccc1C(F)(F)F. The van der Waals surface area contributed by atoms with Gasteiger partial charge in [-0.15, -0.1) is 0 Å². The van der Waals surface area contributed by atoms with E-state index in [1.54, 1.807) is 6.07 Å². The average molecular weight is 362 g/mol. The number of hydrogen-bond acceptors (Lipinski definition) is 4. The standard InChI is InChI=1S/C18H17F3N4O/c1-17(2)7-12-14(13(26)8-17)15(25-16(24-12)22-9-23-25)10-5-3-4-6-11(10)18(19,20)21/h3-6,9,15H,7-8H2,1-2H3,(H,22,23,24). The molecule has 1 aliphatic carbocycles. The van der Waals surface area contributed by atoms with Crippen molar-refractivity contribution in [3.05, 3.63) is 53.0 Å². The molecule has 0 fully saturated rings. The Hall–Kier alpha value is -2.64. The number of carbonyl (C=O) groups is 1. The minimum atomic E-state index is -4.53. The highest BCUT2D eigenvalue weighted by molar-refractivity contribution is 6.00. The van der Waals surface area contributed by atoms with Crippen molar-refractivity contribution in [3.8, 4) is 0 Å². The van der Waals surface area contributed by atoms with Crippen molar-refractivity contribution in [2.75, 3.05) is 5.32 Å². The lowest BCUT2D eigenvalue weighted by Gasteiger charge is -2.38. The van der Waals surface area contributed by atoms with Crippen molar-refractivity contribution in [2.45, 2.75) is 38.9 Å². The average Bonchev–Trinajstić information content (AvgIpc) is 2.98. The highest BCUT2D eigenvalue weighted by atomic mass is 19.4. The van der Waals surface area contributed by atoms with Crippen LogP contribution in [0.25, 0.3) is 0 Å². The first-order valence-electron chi connectivity index (χ1n) is 8.26. The Morgan fingerprint density at radius 1 is 1.23 bits per heavy atom. The van der Waals surface area contributed by atoms with Crippen molar-refractivity contribution in [3.63, 3.8) is 0 Å². The third-order valence-corrected chi connectivity index (χ3v) is 4.83. The molecule has 0 amide bonds. The van der Waals surface area contributed by atoms with E-state index >= 15 is 0 Å². The van der Waals surface area contributed by atoms with Gasteiger partial charge in [0.2, 0.25) is 5.95 Å². The smallest absolute Gasteiger partial charge is 0.328 e. The molecule has 2 aromatic rings. The molecule has 1 aromatic heterocycles.